The second-order valence-electron chi connectivity index (χ2n) is 7.43. The Bertz CT molecular complexity index is 1270. The van der Waals surface area contributed by atoms with Gasteiger partial charge >= 0.3 is 5.91 Å². The Morgan fingerprint density at radius 2 is 1.65 bits per heavy atom. The first-order chi connectivity index (χ1) is 16.3. The van der Waals surface area contributed by atoms with E-state index in [2.05, 4.69) is 21.1 Å². The summed E-state index contributed by atoms with van der Waals surface area (Å²) in [6.07, 6.45) is 0. The molecule has 1 aromatic heterocycles. The van der Waals surface area contributed by atoms with Gasteiger partial charge < -0.3 is 23.8 Å². The van der Waals surface area contributed by atoms with Gasteiger partial charge in [-0.1, -0.05) is 33.2 Å². The van der Waals surface area contributed by atoms with Crippen LogP contribution in [-0.2, 0) is 9.59 Å². The number of methoxy groups -OCH3 is 3. The highest BCUT2D eigenvalue weighted by molar-refractivity contribution is 9.10. The molecule has 1 unspecified atom stereocenters. The highest BCUT2D eigenvalue weighted by Crippen LogP contribution is 2.47. The first-order valence-corrected chi connectivity index (χ1v) is 10.9. The van der Waals surface area contributed by atoms with Crippen molar-refractivity contribution >= 4 is 39.2 Å². The molecule has 2 aromatic carbocycles. The van der Waals surface area contributed by atoms with Crippen LogP contribution in [0.1, 0.15) is 22.9 Å². The monoisotopic (exact) mass is 528 g/mol. The van der Waals surface area contributed by atoms with Gasteiger partial charge in [0.15, 0.2) is 17.3 Å². The third-order valence-corrected chi connectivity index (χ3v) is 5.96. The second kappa shape index (κ2) is 9.22. The van der Waals surface area contributed by atoms with E-state index in [9.17, 15) is 14.7 Å². The quantitative estimate of drug-likeness (QED) is 0.284. The molecule has 0 radical (unpaired) electrons. The number of aliphatic hydroxyl groups excluding tert-OH is 1. The van der Waals surface area contributed by atoms with Crippen LogP contribution in [0.15, 0.2) is 57.0 Å². The van der Waals surface area contributed by atoms with E-state index in [4.69, 9.17) is 18.7 Å². The molecule has 10 heteroatoms. The minimum Gasteiger partial charge on any atom is -0.507 e. The Hall–Kier alpha value is -3.79. The van der Waals surface area contributed by atoms with Crippen LogP contribution in [-0.4, -0.2) is 43.3 Å². The zero-order chi connectivity index (χ0) is 24.6. The van der Waals surface area contributed by atoms with E-state index in [0.717, 1.165) is 4.47 Å². The maximum Gasteiger partial charge on any atom is 0.301 e. The van der Waals surface area contributed by atoms with Crippen LogP contribution in [0.25, 0.3) is 5.76 Å². The number of hydrogen-bond acceptors (Lipinski definition) is 8. The molecule has 0 bridgehead atoms. The van der Waals surface area contributed by atoms with E-state index in [-0.39, 0.29) is 17.2 Å². The number of benzene rings is 2. The number of carbonyl (C=O) groups is 2. The Labute approximate surface area is 203 Å². The maximum atomic E-state index is 13.2. The normalized spacial score (nSPS) is 17.2. The predicted molar refractivity (Wildman–Crippen MR) is 126 cm³/mol. The number of aromatic nitrogens is 1. The Morgan fingerprint density at radius 1 is 1.03 bits per heavy atom. The van der Waals surface area contributed by atoms with Gasteiger partial charge in [0.1, 0.15) is 11.5 Å². The molecule has 3 aromatic rings. The summed E-state index contributed by atoms with van der Waals surface area (Å²) in [5, 5.41) is 15.1. The zero-order valence-corrected chi connectivity index (χ0v) is 20.4. The Balaban J connectivity index is 2.00. The average molecular weight is 529 g/mol. The van der Waals surface area contributed by atoms with Crippen molar-refractivity contribution in [2.45, 2.75) is 13.0 Å². The number of carbonyl (C=O) groups excluding carboxylic acids is 2. The summed E-state index contributed by atoms with van der Waals surface area (Å²) in [7, 11) is 4.39. The van der Waals surface area contributed by atoms with Crippen LogP contribution in [0.3, 0.4) is 0 Å². The summed E-state index contributed by atoms with van der Waals surface area (Å²) in [5.41, 5.74) is 0.699. The smallest absolute Gasteiger partial charge is 0.301 e. The van der Waals surface area contributed by atoms with Crippen LogP contribution in [0.2, 0.25) is 0 Å². The molecule has 1 fully saturated rings. The standard InChI is InChI=1S/C24H21BrN2O7/c1-12-9-18(26-34-12)27-20(14-10-16(31-2)23(33-4)17(11-14)32-3)19(22(29)24(27)30)21(28)13-5-7-15(25)8-6-13/h5-11,20,28H,1-4H3. The molecule has 1 aliphatic heterocycles. The van der Waals surface area contributed by atoms with E-state index < -0.39 is 17.7 Å². The summed E-state index contributed by atoms with van der Waals surface area (Å²) in [5.74, 6) is -0.472. The van der Waals surface area contributed by atoms with Gasteiger partial charge in [-0.15, -0.1) is 0 Å². The third kappa shape index (κ3) is 3.90. The maximum absolute atomic E-state index is 13.2. The number of rotatable bonds is 6. The van der Waals surface area contributed by atoms with Gasteiger partial charge in [-0.3, -0.25) is 14.5 Å². The highest BCUT2D eigenvalue weighted by Gasteiger charge is 2.48. The highest BCUT2D eigenvalue weighted by atomic mass is 79.9. The van der Waals surface area contributed by atoms with E-state index in [1.54, 1.807) is 43.3 Å². The van der Waals surface area contributed by atoms with E-state index in [0.29, 0.717) is 34.1 Å². The first kappa shape index (κ1) is 23.4. The van der Waals surface area contributed by atoms with Crippen molar-refractivity contribution in [3.8, 4) is 17.2 Å². The summed E-state index contributed by atoms with van der Waals surface area (Å²) in [4.78, 5) is 27.6. The molecule has 176 valence electrons. The average Bonchev–Trinajstić information content (AvgIpc) is 3.38. The lowest BCUT2D eigenvalue weighted by molar-refractivity contribution is -0.132. The van der Waals surface area contributed by atoms with Gasteiger partial charge in [-0.05, 0) is 36.8 Å². The number of anilines is 1. The van der Waals surface area contributed by atoms with Crippen molar-refractivity contribution in [2.24, 2.45) is 0 Å². The number of nitrogens with zero attached hydrogens (tertiary/aromatic N) is 2. The summed E-state index contributed by atoms with van der Waals surface area (Å²) in [6, 6.07) is 10.5. The van der Waals surface area contributed by atoms with Crippen LogP contribution >= 0.6 is 15.9 Å². The number of aryl methyl sites for hydroxylation is 1. The van der Waals surface area contributed by atoms with Crippen LogP contribution in [0.5, 0.6) is 17.2 Å². The SMILES string of the molecule is COc1cc(C2C(=C(O)c3ccc(Br)cc3)C(=O)C(=O)N2c2cc(C)on2)cc(OC)c1OC. The van der Waals surface area contributed by atoms with Crippen LogP contribution in [0, 0.1) is 6.92 Å². The number of ketones is 1. The molecule has 0 saturated carbocycles. The van der Waals surface area contributed by atoms with Crippen molar-refractivity contribution in [2.75, 3.05) is 26.2 Å². The summed E-state index contributed by atoms with van der Waals surface area (Å²) >= 11 is 3.35. The summed E-state index contributed by atoms with van der Waals surface area (Å²) in [6.45, 7) is 1.67. The molecular weight excluding hydrogens is 508 g/mol. The molecule has 34 heavy (non-hydrogen) atoms. The Morgan fingerprint density at radius 3 is 2.15 bits per heavy atom. The molecular formula is C24H21BrN2O7. The molecule has 1 saturated heterocycles. The third-order valence-electron chi connectivity index (χ3n) is 5.43. The molecule has 0 spiro atoms. The molecule has 4 rings (SSSR count). The Kier molecular flexibility index (Phi) is 6.34. The topological polar surface area (TPSA) is 111 Å². The molecule has 2 heterocycles. The predicted octanol–water partition coefficient (Wildman–Crippen LogP) is 4.40. The summed E-state index contributed by atoms with van der Waals surface area (Å²) < 4.78 is 22.3. The van der Waals surface area contributed by atoms with Gasteiger partial charge in [0, 0.05) is 16.1 Å². The van der Waals surface area contributed by atoms with Gasteiger partial charge in [0.25, 0.3) is 5.78 Å². The molecule has 1 atom stereocenters. The number of hydrogen-bond donors (Lipinski definition) is 1. The van der Waals surface area contributed by atoms with Crippen LogP contribution in [0.4, 0.5) is 5.82 Å². The molecule has 1 N–H and O–H groups in total. The lowest BCUT2D eigenvalue weighted by atomic mass is 9.94. The van der Waals surface area contributed by atoms with Gasteiger partial charge in [0.05, 0.1) is 32.9 Å². The number of ether oxygens (including phenoxy) is 3. The van der Waals surface area contributed by atoms with Crippen molar-refractivity contribution in [1.82, 2.24) is 5.16 Å². The molecule has 0 aliphatic carbocycles. The van der Waals surface area contributed by atoms with Crippen molar-refractivity contribution < 1.29 is 33.4 Å². The fourth-order valence-electron chi connectivity index (χ4n) is 3.87. The first-order valence-electron chi connectivity index (χ1n) is 10.1. The fourth-order valence-corrected chi connectivity index (χ4v) is 4.14. The van der Waals surface area contributed by atoms with E-state index >= 15 is 0 Å². The molecule has 1 aliphatic rings. The van der Waals surface area contributed by atoms with Gasteiger partial charge in [0.2, 0.25) is 5.75 Å². The van der Waals surface area contributed by atoms with E-state index in [1.807, 2.05) is 0 Å². The van der Waals surface area contributed by atoms with E-state index in [1.165, 1.54) is 32.3 Å². The van der Waals surface area contributed by atoms with Gasteiger partial charge in [-0.25, -0.2) is 0 Å². The van der Waals surface area contributed by atoms with Crippen molar-refractivity contribution in [3.63, 3.8) is 0 Å². The van der Waals surface area contributed by atoms with Crippen molar-refractivity contribution in [3.05, 3.63) is 69.4 Å². The molecule has 1 amide bonds. The number of aliphatic hydroxyl groups is 1. The van der Waals surface area contributed by atoms with Crippen LogP contribution < -0.4 is 19.1 Å². The largest absolute Gasteiger partial charge is 0.507 e. The van der Waals surface area contributed by atoms with Gasteiger partial charge in [-0.2, -0.15) is 0 Å². The lowest BCUT2D eigenvalue weighted by Crippen LogP contribution is -2.29. The van der Waals surface area contributed by atoms with Crippen molar-refractivity contribution in [1.29, 1.82) is 0 Å². The zero-order valence-electron chi connectivity index (χ0n) is 18.8. The number of amides is 1. The minimum absolute atomic E-state index is 0.109. The number of Topliss-reactive ketones (excluding diaryl/α,β-unsaturated/α-hetero) is 1. The number of halogens is 1. The second-order valence-corrected chi connectivity index (χ2v) is 8.35. The molecule has 9 nitrogen and oxygen atoms in total. The fraction of sp³-hybridized carbons (Fsp3) is 0.208. The minimum atomic E-state index is -1.04. The lowest BCUT2D eigenvalue weighted by Gasteiger charge is -2.24.